The van der Waals surface area contributed by atoms with Crippen LogP contribution >= 0.6 is 0 Å². The van der Waals surface area contributed by atoms with E-state index < -0.39 is 16.6 Å². The maximum atomic E-state index is 7.21. The molecular weight excluding hydrogens is 587 g/mol. The minimum Gasteiger partial charge on any atom is -0.413 e. The summed E-state index contributed by atoms with van der Waals surface area (Å²) in [5.74, 6) is 2.52. The van der Waals surface area contributed by atoms with E-state index in [2.05, 4.69) is 106 Å². The van der Waals surface area contributed by atoms with Crippen LogP contribution in [0.5, 0.6) is 0 Å². The number of hydrogen-bond acceptors (Lipinski definition) is 4. The number of nitrogens with zero attached hydrogens (tertiary/aromatic N) is 1. The fraction of sp³-hybridized carbons (Fsp3) is 0.846. The Morgan fingerprint density at radius 2 is 1.58 bits per heavy atom. The summed E-state index contributed by atoms with van der Waals surface area (Å²) < 4.78 is 20.0. The lowest BCUT2D eigenvalue weighted by atomic mass is 9.61. The van der Waals surface area contributed by atoms with E-state index in [-0.39, 0.29) is 28.2 Å². The summed E-state index contributed by atoms with van der Waals surface area (Å²) in [6.07, 6.45) is 12.8. The zero-order valence-electron chi connectivity index (χ0n) is 31.8. The molecule has 4 fully saturated rings. The standard InChI is InChI=1S/C39H71NO3Si2/c1-28(27-40-22-24-41-25-23-40)33-19-20-34-31(16-15-21-39(33,34)10)17-18-32-26-35(42-44(11,12)37(4,5)6)30(3)36(29(32)2)43-45(13,14)38(7,8)9/h17-18,28,30,33-36H,2,15-16,19-27H2,1,3-14H3/b31-17+,32-18-/t28-,30-,33+,34-,35?,36?,39+/m0/s1. The molecule has 1 aliphatic heterocycles. The summed E-state index contributed by atoms with van der Waals surface area (Å²) in [4.78, 5) is 2.65. The van der Waals surface area contributed by atoms with Crippen LogP contribution in [0.2, 0.25) is 36.3 Å². The highest BCUT2D eigenvalue weighted by atomic mass is 28.4. The quantitative estimate of drug-likeness (QED) is 0.243. The minimum absolute atomic E-state index is 0.00702. The highest BCUT2D eigenvalue weighted by Gasteiger charge is 2.51. The first-order valence-electron chi connectivity index (χ1n) is 18.4. The van der Waals surface area contributed by atoms with Crippen molar-refractivity contribution in [2.75, 3.05) is 32.8 Å². The van der Waals surface area contributed by atoms with E-state index in [1.165, 1.54) is 49.8 Å². The largest absolute Gasteiger partial charge is 0.413 e. The van der Waals surface area contributed by atoms with E-state index in [0.29, 0.717) is 11.3 Å². The molecule has 2 unspecified atom stereocenters. The molecule has 7 atom stereocenters. The van der Waals surface area contributed by atoms with Crippen LogP contribution in [-0.4, -0.2) is 66.6 Å². The predicted molar refractivity (Wildman–Crippen MR) is 198 cm³/mol. The molecule has 4 rings (SSSR count). The second-order valence-electron chi connectivity index (χ2n) is 18.7. The highest BCUT2D eigenvalue weighted by molar-refractivity contribution is 6.74. The second-order valence-corrected chi connectivity index (χ2v) is 28.2. The van der Waals surface area contributed by atoms with E-state index in [4.69, 9.17) is 20.2 Å². The Hall–Kier alpha value is -0.506. The molecule has 45 heavy (non-hydrogen) atoms. The average molecular weight is 658 g/mol. The van der Waals surface area contributed by atoms with Gasteiger partial charge < -0.3 is 13.6 Å². The summed E-state index contributed by atoms with van der Waals surface area (Å²) in [6, 6.07) is 0. The van der Waals surface area contributed by atoms with Gasteiger partial charge in [-0.2, -0.15) is 0 Å². The van der Waals surface area contributed by atoms with Crippen LogP contribution in [0.15, 0.2) is 35.5 Å². The van der Waals surface area contributed by atoms with Gasteiger partial charge >= 0.3 is 0 Å². The first kappa shape index (κ1) is 37.3. The molecule has 0 aromatic heterocycles. The summed E-state index contributed by atoms with van der Waals surface area (Å²) in [5.41, 5.74) is 4.65. The SMILES string of the molecule is C=C1/C(=C\C=C2/CCC[C@]3(C)[C@@H]([C@@H](C)CN4CCOCC4)CC[C@@H]23)CC(O[Si](C)(C)C(C)(C)C)[C@H](C)C1O[Si](C)(C)C(C)(C)C. The van der Waals surface area contributed by atoms with Crippen molar-refractivity contribution in [2.24, 2.45) is 29.1 Å². The van der Waals surface area contributed by atoms with Gasteiger partial charge in [-0.1, -0.05) is 86.6 Å². The second kappa shape index (κ2) is 13.8. The van der Waals surface area contributed by atoms with Gasteiger partial charge in [-0.05, 0) is 109 Å². The molecule has 3 aliphatic carbocycles. The Kier molecular flexibility index (Phi) is 11.4. The number of morpholine rings is 1. The molecule has 0 spiro atoms. The van der Waals surface area contributed by atoms with Crippen LogP contribution < -0.4 is 0 Å². The van der Waals surface area contributed by atoms with Gasteiger partial charge in [0.2, 0.25) is 0 Å². The van der Waals surface area contributed by atoms with Gasteiger partial charge in [-0.15, -0.1) is 0 Å². The summed E-state index contributed by atoms with van der Waals surface area (Å²) in [7, 11) is -3.96. The zero-order valence-corrected chi connectivity index (χ0v) is 33.8. The maximum absolute atomic E-state index is 7.21. The topological polar surface area (TPSA) is 30.9 Å². The van der Waals surface area contributed by atoms with Crippen molar-refractivity contribution >= 4 is 16.6 Å². The van der Waals surface area contributed by atoms with Crippen molar-refractivity contribution in [2.45, 2.75) is 149 Å². The van der Waals surface area contributed by atoms with Crippen LogP contribution in [0.3, 0.4) is 0 Å². The van der Waals surface area contributed by atoms with Crippen molar-refractivity contribution in [1.82, 2.24) is 4.90 Å². The van der Waals surface area contributed by atoms with Crippen LogP contribution in [-0.2, 0) is 13.6 Å². The first-order chi connectivity index (χ1) is 20.7. The van der Waals surface area contributed by atoms with Gasteiger partial charge in [0.1, 0.15) is 0 Å². The predicted octanol–water partition coefficient (Wildman–Crippen LogP) is 10.4. The van der Waals surface area contributed by atoms with Gasteiger partial charge in [0, 0.05) is 25.6 Å². The Balaban J connectivity index is 1.60. The number of hydrogen-bond donors (Lipinski definition) is 0. The summed E-state index contributed by atoms with van der Waals surface area (Å²) in [5, 5.41) is 0.323. The first-order valence-corrected chi connectivity index (χ1v) is 24.2. The van der Waals surface area contributed by atoms with E-state index in [1.807, 2.05) is 0 Å². The molecule has 0 radical (unpaired) electrons. The Labute approximate surface area is 281 Å². The van der Waals surface area contributed by atoms with Crippen molar-refractivity contribution in [3.63, 3.8) is 0 Å². The lowest BCUT2D eigenvalue weighted by molar-refractivity contribution is 0.0155. The molecule has 0 N–H and O–H groups in total. The molecule has 258 valence electrons. The van der Waals surface area contributed by atoms with Gasteiger partial charge in [0.25, 0.3) is 0 Å². The van der Waals surface area contributed by atoms with Crippen LogP contribution in [0.1, 0.15) is 101 Å². The lowest BCUT2D eigenvalue weighted by Crippen LogP contribution is -2.53. The van der Waals surface area contributed by atoms with Crippen molar-refractivity contribution < 1.29 is 13.6 Å². The third-order valence-corrected chi connectivity index (χ3v) is 22.6. The van der Waals surface area contributed by atoms with Crippen molar-refractivity contribution in [3.05, 3.63) is 35.5 Å². The third kappa shape index (κ3) is 8.04. The molecule has 4 aliphatic rings. The molecule has 3 saturated carbocycles. The van der Waals surface area contributed by atoms with E-state index in [9.17, 15) is 0 Å². The van der Waals surface area contributed by atoms with Crippen LogP contribution in [0.4, 0.5) is 0 Å². The number of allylic oxidation sites excluding steroid dienone is 3. The normalized spacial score (nSPS) is 35.2. The Morgan fingerprint density at radius 1 is 0.978 bits per heavy atom. The van der Waals surface area contributed by atoms with Gasteiger partial charge in [-0.3, -0.25) is 4.90 Å². The molecule has 0 aromatic carbocycles. The number of ether oxygens (including phenoxy) is 1. The van der Waals surface area contributed by atoms with Crippen LogP contribution in [0, 0.1) is 29.1 Å². The van der Waals surface area contributed by atoms with E-state index in [0.717, 1.165) is 44.6 Å². The average Bonchev–Trinajstić information content (AvgIpc) is 3.29. The molecule has 0 bridgehead atoms. The maximum Gasteiger partial charge on any atom is 0.192 e. The Bertz CT molecular complexity index is 1110. The van der Waals surface area contributed by atoms with Crippen LogP contribution in [0.25, 0.3) is 0 Å². The lowest BCUT2D eigenvalue weighted by Gasteiger charge is -2.48. The van der Waals surface area contributed by atoms with Gasteiger partial charge in [-0.25, -0.2) is 0 Å². The van der Waals surface area contributed by atoms with Gasteiger partial charge in [0.05, 0.1) is 25.4 Å². The summed E-state index contributed by atoms with van der Waals surface area (Å²) >= 11 is 0. The monoisotopic (exact) mass is 657 g/mol. The number of fused-ring (bicyclic) bond motifs is 1. The van der Waals surface area contributed by atoms with Crippen molar-refractivity contribution in [3.8, 4) is 0 Å². The zero-order chi connectivity index (χ0) is 33.6. The molecule has 0 amide bonds. The minimum atomic E-state index is -2.01. The Morgan fingerprint density at radius 3 is 2.18 bits per heavy atom. The molecule has 1 heterocycles. The smallest absolute Gasteiger partial charge is 0.192 e. The molecule has 6 heteroatoms. The van der Waals surface area contributed by atoms with Gasteiger partial charge in [0.15, 0.2) is 16.6 Å². The highest BCUT2D eigenvalue weighted by Crippen LogP contribution is 2.59. The molecule has 1 saturated heterocycles. The molecular formula is C39H71NO3Si2. The fourth-order valence-electron chi connectivity index (χ4n) is 8.52. The van der Waals surface area contributed by atoms with E-state index >= 15 is 0 Å². The summed E-state index contributed by atoms with van der Waals surface area (Å²) in [6.45, 7) is 41.2. The fourth-order valence-corrected chi connectivity index (χ4v) is 11.3. The molecule has 0 aromatic rings. The van der Waals surface area contributed by atoms with E-state index in [1.54, 1.807) is 5.57 Å². The number of rotatable bonds is 8. The third-order valence-electron chi connectivity index (χ3n) is 13.6. The van der Waals surface area contributed by atoms with Crippen molar-refractivity contribution in [1.29, 1.82) is 0 Å². The molecule has 4 nitrogen and oxygen atoms in total.